The van der Waals surface area contributed by atoms with Crippen LogP contribution in [-0.4, -0.2) is 83.3 Å². The lowest BCUT2D eigenvalue weighted by Crippen LogP contribution is -2.53. The molecule has 2 aliphatic rings. The van der Waals surface area contributed by atoms with Gasteiger partial charge in [-0.15, -0.1) is 0 Å². The summed E-state index contributed by atoms with van der Waals surface area (Å²) in [4.78, 5) is 36.2. The van der Waals surface area contributed by atoms with E-state index in [1.807, 2.05) is 11.0 Å². The molecule has 2 N–H and O–H groups in total. The second-order valence-electron chi connectivity index (χ2n) is 7.26. The van der Waals surface area contributed by atoms with Gasteiger partial charge in [-0.25, -0.2) is 9.59 Å². The van der Waals surface area contributed by atoms with Crippen molar-refractivity contribution in [1.82, 2.24) is 9.80 Å². The lowest BCUT2D eigenvalue weighted by atomic mass is 10.1. The zero-order valence-electron chi connectivity index (χ0n) is 17.0. The van der Waals surface area contributed by atoms with Crippen molar-refractivity contribution in [2.45, 2.75) is 25.3 Å². The molecule has 2 saturated heterocycles. The molecule has 2 fully saturated rings. The fourth-order valence-electron chi connectivity index (χ4n) is 3.47. The molecule has 0 bridgehead atoms. The molecule has 1 aromatic rings. The molecular weight excluding hydrogens is 447 g/mol. The van der Waals surface area contributed by atoms with Crippen molar-refractivity contribution in [2.24, 2.45) is 0 Å². The largest absolute Gasteiger partial charge is 0.478 e. The molecule has 0 aromatic heterocycles. The Kier molecular flexibility index (Phi) is 10.3. The second-order valence-corrected chi connectivity index (χ2v) is 8.07. The van der Waals surface area contributed by atoms with Crippen molar-refractivity contribution in [2.75, 3.05) is 39.4 Å². The number of carbonyl (C=O) groups excluding carboxylic acids is 1. The Morgan fingerprint density at radius 1 is 1.03 bits per heavy atom. The summed E-state index contributed by atoms with van der Waals surface area (Å²) in [7, 11) is 0. The van der Waals surface area contributed by atoms with E-state index in [2.05, 4.69) is 4.90 Å². The molecule has 0 saturated carbocycles. The topological polar surface area (TPSA) is 107 Å². The average Bonchev–Trinajstić information content (AvgIpc) is 3.23. The monoisotopic (exact) mass is 472 g/mol. The normalized spacial score (nSPS) is 19.2. The van der Waals surface area contributed by atoms with Crippen molar-refractivity contribution in [3.8, 4) is 0 Å². The van der Waals surface area contributed by atoms with Crippen LogP contribution in [0.1, 0.15) is 18.4 Å². The maximum Gasteiger partial charge on any atom is 0.328 e. The number of amides is 1. The maximum absolute atomic E-state index is 12.7. The highest BCUT2D eigenvalue weighted by molar-refractivity contribution is 6.42. The average molecular weight is 473 g/mol. The molecule has 0 aliphatic carbocycles. The number of likely N-dealkylation sites (tertiary alicyclic amines) is 1. The van der Waals surface area contributed by atoms with Crippen LogP contribution in [0.5, 0.6) is 0 Å². The lowest BCUT2D eigenvalue weighted by molar-refractivity contribution is -0.139. The minimum Gasteiger partial charge on any atom is -0.478 e. The highest BCUT2D eigenvalue weighted by Gasteiger charge is 2.29. The number of hydrogen-bond acceptors (Lipinski definition) is 5. The Hall–Kier alpha value is -2.13. The summed E-state index contributed by atoms with van der Waals surface area (Å²) in [6.07, 6.45) is 3.98. The third-order valence-electron chi connectivity index (χ3n) is 4.92. The standard InChI is InChI=1S/C17H22Cl2N2O2.C4H4O4/c18-15-4-3-13(9-16(15)19)10-17(22)21-7-8-23-12-14(21)11-20-5-1-2-6-20;5-3(6)1-2-4(7)8/h3-4,9,14H,1-2,5-8,10-12H2;1-2H,(H,5,6)(H,7,8)/b;2-1-. The third-order valence-corrected chi connectivity index (χ3v) is 5.66. The summed E-state index contributed by atoms with van der Waals surface area (Å²) in [5.41, 5.74) is 0.899. The summed E-state index contributed by atoms with van der Waals surface area (Å²) >= 11 is 12.0. The van der Waals surface area contributed by atoms with E-state index < -0.39 is 11.9 Å². The van der Waals surface area contributed by atoms with Gasteiger partial charge in [-0.05, 0) is 43.6 Å². The van der Waals surface area contributed by atoms with E-state index in [0.29, 0.717) is 48.4 Å². The van der Waals surface area contributed by atoms with E-state index in [0.717, 1.165) is 25.2 Å². The van der Waals surface area contributed by atoms with Gasteiger partial charge in [0.1, 0.15) is 0 Å². The predicted octanol–water partition coefficient (Wildman–Crippen LogP) is 2.57. The van der Waals surface area contributed by atoms with Gasteiger partial charge in [0.15, 0.2) is 0 Å². The number of nitrogens with zero attached hydrogens (tertiary/aromatic N) is 2. The first-order valence-corrected chi connectivity index (χ1v) is 10.7. The quantitative estimate of drug-likeness (QED) is 0.612. The third kappa shape index (κ3) is 8.86. The summed E-state index contributed by atoms with van der Waals surface area (Å²) < 4.78 is 5.60. The van der Waals surface area contributed by atoms with Gasteiger partial charge in [0.25, 0.3) is 0 Å². The molecule has 170 valence electrons. The number of carboxylic acid groups (broad SMARTS) is 2. The van der Waals surface area contributed by atoms with E-state index in [1.54, 1.807) is 12.1 Å². The Bertz CT molecular complexity index is 795. The zero-order valence-corrected chi connectivity index (χ0v) is 18.5. The molecule has 2 heterocycles. The number of hydrogen-bond donors (Lipinski definition) is 2. The summed E-state index contributed by atoms with van der Waals surface area (Å²) in [6, 6.07) is 5.53. The number of ether oxygens (including phenoxy) is 1. The van der Waals surface area contributed by atoms with E-state index in [1.165, 1.54) is 12.8 Å². The Morgan fingerprint density at radius 2 is 1.68 bits per heavy atom. The molecule has 0 spiro atoms. The molecule has 31 heavy (non-hydrogen) atoms. The van der Waals surface area contributed by atoms with Crippen molar-refractivity contribution in [3.05, 3.63) is 46.0 Å². The highest BCUT2D eigenvalue weighted by atomic mass is 35.5. The number of rotatable bonds is 6. The molecule has 1 aromatic carbocycles. The van der Waals surface area contributed by atoms with Gasteiger partial charge in [-0.1, -0.05) is 29.3 Å². The van der Waals surface area contributed by atoms with Crippen LogP contribution in [0.4, 0.5) is 0 Å². The number of aliphatic carboxylic acids is 2. The summed E-state index contributed by atoms with van der Waals surface area (Å²) in [6.45, 7) is 5.08. The number of halogens is 2. The molecule has 1 unspecified atom stereocenters. The van der Waals surface area contributed by atoms with E-state index in [9.17, 15) is 14.4 Å². The number of carboxylic acids is 2. The number of benzene rings is 1. The molecule has 1 amide bonds. The fourth-order valence-corrected chi connectivity index (χ4v) is 3.79. The van der Waals surface area contributed by atoms with Crippen LogP contribution in [0.15, 0.2) is 30.4 Å². The van der Waals surface area contributed by atoms with E-state index >= 15 is 0 Å². The van der Waals surface area contributed by atoms with Gasteiger partial charge < -0.3 is 24.7 Å². The van der Waals surface area contributed by atoms with Crippen LogP contribution in [0.2, 0.25) is 10.0 Å². The van der Waals surface area contributed by atoms with Crippen LogP contribution in [0.3, 0.4) is 0 Å². The van der Waals surface area contributed by atoms with Crippen molar-refractivity contribution >= 4 is 41.0 Å². The van der Waals surface area contributed by atoms with Crippen molar-refractivity contribution in [3.63, 3.8) is 0 Å². The highest BCUT2D eigenvalue weighted by Crippen LogP contribution is 2.23. The van der Waals surface area contributed by atoms with Gasteiger partial charge >= 0.3 is 11.9 Å². The van der Waals surface area contributed by atoms with E-state index in [4.69, 9.17) is 38.2 Å². The summed E-state index contributed by atoms with van der Waals surface area (Å²) in [5, 5.41) is 16.6. The summed E-state index contributed by atoms with van der Waals surface area (Å²) in [5.74, 6) is -2.38. The van der Waals surface area contributed by atoms with Crippen LogP contribution >= 0.6 is 23.2 Å². The van der Waals surface area contributed by atoms with Crippen molar-refractivity contribution in [1.29, 1.82) is 0 Å². The van der Waals surface area contributed by atoms with Crippen LogP contribution < -0.4 is 0 Å². The first-order valence-electron chi connectivity index (χ1n) is 9.93. The minimum atomic E-state index is -1.26. The molecular formula is C21H26Cl2N2O6. The zero-order chi connectivity index (χ0) is 22.8. The van der Waals surface area contributed by atoms with Gasteiger partial charge in [0.05, 0.1) is 35.7 Å². The smallest absolute Gasteiger partial charge is 0.328 e. The number of morpholine rings is 1. The van der Waals surface area contributed by atoms with E-state index in [-0.39, 0.29) is 11.9 Å². The van der Waals surface area contributed by atoms with Gasteiger partial charge in [-0.3, -0.25) is 4.79 Å². The lowest BCUT2D eigenvalue weighted by Gasteiger charge is -2.37. The second kappa shape index (κ2) is 12.7. The Labute approximate surface area is 191 Å². The Morgan fingerprint density at radius 3 is 2.26 bits per heavy atom. The fraction of sp³-hybridized carbons (Fsp3) is 0.476. The molecule has 0 radical (unpaired) electrons. The first-order chi connectivity index (χ1) is 14.8. The maximum atomic E-state index is 12.7. The Balaban J connectivity index is 0.000000366. The number of carbonyl (C=O) groups is 3. The van der Waals surface area contributed by atoms with Crippen LogP contribution in [0, 0.1) is 0 Å². The molecule has 10 heteroatoms. The van der Waals surface area contributed by atoms with Crippen LogP contribution in [0.25, 0.3) is 0 Å². The SMILES string of the molecule is O=C(Cc1ccc(Cl)c(Cl)c1)N1CCOCC1CN1CCCC1.O=C(O)/C=C\C(=O)O. The van der Waals surface area contributed by atoms with Crippen molar-refractivity contribution < 1.29 is 29.3 Å². The molecule has 1 atom stereocenters. The molecule has 2 aliphatic heterocycles. The predicted molar refractivity (Wildman–Crippen MR) is 117 cm³/mol. The van der Waals surface area contributed by atoms with Crippen LogP contribution in [-0.2, 0) is 25.5 Å². The van der Waals surface area contributed by atoms with Gasteiger partial charge in [0, 0.05) is 25.2 Å². The molecule has 3 rings (SSSR count). The van der Waals surface area contributed by atoms with Gasteiger partial charge in [0.2, 0.25) is 5.91 Å². The first kappa shape index (κ1) is 25.1. The minimum absolute atomic E-state index is 0.135. The molecule has 8 nitrogen and oxygen atoms in total. The van der Waals surface area contributed by atoms with Gasteiger partial charge in [-0.2, -0.15) is 0 Å².